The molecule has 1 unspecified atom stereocenters. The minimum absolute atomic E-state index is 0.0399. The highest BCUT2D eigenvalue weighted by Gasteiger charge is 2.72. The summed E-state index contributed by atoms with van der Waals surface area (Å²) in [4.78, 5) is 25.4. The van der Waals surface area contributed by atoms with E-state index in [-0.39, 0.29) is 29.6 Å². The van der Waals surface area contributed by atoms with Gasteiger partial charge >= 0.3 is 12.1 Å². The Labute approximate surface area is 203 Å². The zero-order chi connectivity index (χ0) is 24.5. The molecule has 0 aromatic rings. The van der Waals surface area contributed by atoms with Gasteiger partial charge in [-0.05, 0) is 58.8 Å². The van der Waals surface area contributed by atoms with Crippen LogP contribution in [-0.2, 0) is 28.5 Å². The molecule has 4 rings (SSSR count). The first-order chi connectivity index (χ1) is 16.2. The lowest BCUT2D eigenvalue weighted by atomic mass is 9.68. The smallest absolute Gasteiger partial charge is 0.408 e. The van der Waals surface area contributed by atoms with Crippen molar-refractivity contribution in [1.82, 2.24) is 5.32 Å². The van der Waals surface area contributed by atoms with Gasteiger partial charge < -0.3 is 29.0 Å². The molecule has 7 atom stereocenters. The molecule has 1 spiro atoms. The molecule has 2 aliphatic heterocycles. The van der Waals surface area contributed by atoms with Crippen molar-refractivity contribution in [3.8, 4) is 0 Å². The lowest BCUT2D eigenvalue weighted by Crippen LogP contribution is -2.57. The van der Waals surface area contributed by atoms with Gasteiger partial charge in [0.2, 0.25) is 0 Å². The van der Waals surface area contributed by atoms with Crippen molar-refractivity contribution in [3.63, 3.8) is 0 Å². The van der Waals surface area contributed by atoms with Gasteiger partial charge in [0.1, 0.15) is 29.5 Å². The molecule has 2 aliphatic carbocycles. The van der Waals surface area contributed by atoms with Crippen LogP contribution in [0.25, 0.3) is 0 Å². The first-order valence-corrected chi connectivity index (χ1v) is 12.8. The number of amides is 1. The number of hydrogen-bond donors (Lipinski definition) is 1. The fourth-order valence-corrected chi connectivity index (χ4v) is 6.33. The van der Waals surface area contributed by atoms with Crippen LogP contribution >= 0.6 is 0 Å². The molecule has 2 heterocycles. The topological polar surface area (TPSA) is 98.9 Å². The van der Waals surface area contributed by atoms with Gasteiger partial charge in [-0.1, -0.05) is 30.9 Å². The van der Waals surface area contributed by atoms with Crippen LogP contribution in [0.3, 0.4) is 0 Å². The SMILES string of the molecule is COC(=O)C(NC(=O)O[C@@H]1CC[C@]2(CO2)[C@@H]([C@@]2(C)O[C@@H]2CC=C(C)C)[C@H]1OC)C1CCCCC1. The Bertz CT molecular complexity index is 784. The van der Waals surface area contributed by atoms with E-state index in [1.165, 1.54) is 12.7 Å². The number of allylic oxidation sites excluding steroid dienone is 1. The molecule has 4 aliphatic rings. The van der Waals surface area contributed by atoms with Gasteiger partial charge in [-0.25, -0.2) is 9.59 Å². The molecule has 0 aromatic carbocycles. The van der Waals surface area contributed by atoms with E-state index in [4.69, 9.17) is 23.7 Å². The van der Waals surface area contributed by atoms with Gasteiger partial charge in [-0.3, -0.25) is 0 Å². The number of rotatable bonds is 8. The molecule has 2 saturated heterocycles. The summed E-state index contributed by atoms with van der Waals surface area (Å²) in [6.45, 7) is 6.97. The number of methoxy groups -OCH3 is 2. The third kappa shape index (κ3) is 5.14. The highest BCUT2D eigenvalue weighted by atomic mass is 16.6. The molecule has 2 saturated carbocycles. The van der Waals surface area contributed by atoms with E-state index in [1.807, 2.05) is 0 Å². The molecule has 8 heteroatoms. The van der Waals surface area contributed by atoms with E-state index >= 15 is 0 Å². The van der Waals surface area contributed by atoms with E-state index in [0.717, 1.165) is 44.9 Å². The molecule has 0 aromatic heterocycles. The van der Waals surface area contributed by atoms with Crippen LogP contribution < -0.4 is 5.32 Å². The number of carbonyl (C=O) groups excluding carboxylic acids is 2. The standard InChI is InChI=1S/C26H41NO7/c1-16(2)11-12-19-25(3,34-19)22-21(30-4)18(13-14-26(22)15-32-26)33-24(29)27-20(23(28)31-5)17-9-7-6-8-10-17/h11,17-22H,6-10,12-15H2,1-5H3,(H,27,29)/t18-,19-,20?,21+,22-,25+,26+/m1/s1. The van der Waals surface area contributed by atoms with Gasteiger partial charge in [0, 0.05) is 7.11 Å². The fourth-order valence-electron chi connectivity index (χ4n) is 6.33. The van der Waals surface area contributed by atoms with Crippen molar-refractivity contribution in [3.05, 3.63) is 11.6 Å². The van der Waals surface area contributed by atoms with E-state index in [2.05, 4.69) is 32.2 Å². The number of ether oxygens (including phenoxy) is 5. The van der Waals surface area contributed by atoms with Gasteiger partial charge in [-0.2, -0.15) is 0 Å². The second-order valence-corrected chi connectivity index (χ2v) is 10.9. The number of hydrogen-bond acceptors (Lipinski definition) is 7. The normalized spacial score (nSPS) is 38.0. The number of carbonyl (C=O) groups is 2. The minimum Gasteiger partial charge on any atom is -0.467 e. The molecule has 1 N–H and O–H groups in total. The Balaban J connectivity index is 1.44. The zero-order valence-electron chi connectivity index (χ0n) is 21.3. The Kier molecular flexibility index (Phi) is 7.60. The van der Waals surface area contributed by atoms with Crippen molar-refractivity contribution in [2.75, 3.05) is 20.8 Å². The van der Waals surface area contributed by atoms with Crippen LogP contribution in [0.2, 0.25) is 0 Å². The Morgan fingerprint density at radius 2 is 1.85 bits per heavy atom. The lowest BCUT2D eigenvalue weighted by molar-refractivity contribution is -0.145. The lowest BCUT2D eigenvalue weighted by Gasteiger charge is -2.42. The molecule has 0 bridgehead atoms. The molecular formula is C26H41NO7. The molecule has 0 radical (unpaired) electrons. The summed E-state index contributed by atoms with van der Waals surface area (Å²) >= 11 is 0. The van der Waals surface area contributed by atoms with E-state index < -0.39 is 29.8 Å². The summed E-state index contributed by atoms with van der Waals surface area (Å²) < 4.78 is 29.0. The first kappa shape index (κ1) is 25.5. The fraction of sp³-hybridized carbons (Fsp3) is 0.846. The maximum atomic E-state index is 13.0. The van der Waals surface area contributed by atoms with Crippen molar-refractivity contribution in [1.29, 1.82) is 0 Å². The van der Waals surface area contributed by atoms with Crippen LogP contribution in [0.5, 0.6) is 0 Å². The number of epoxide rings is 2. The summed E-state index contributed by atoms with van der Waals surface area (Å²) in [5.74, 6) is -0.384. The van der Waals surface area contributed by atoms with Crippen molar-refractivity contribution >= 4 is 12.1 Å². The molecule has 8 nitrogen and oxygen atoms in total. The van der Waals surface area contributed by atoms with Crippen LogP contribution in [0, 0.1) is 11.8 Å². The van der Waals surface area contributed by atoms with E-state index in [9.17, 15) is 9.59 Å². The molecule has 1 amide bonds. The average Bonchev–Trinajstić information content (AvgIpc) is 3.74. The quantitative estimate of drug-likeness (QED) is 0.320. The Hall–Kier alpha value is -1.64. The third-order valence-corrected chi connectivity index (χ3v) is 8.35. The van der Waals surface area contributed by atoms with Gasteiger partial charge in [0.15, 0.2) is 0 Å². The number of esters is 1. The second kappa shape index (κ2) is 10.2. The van der Waals surface area contributed by atoms with Crippen LogP contribution in [-0.4, -0.2) is 68.4 Å². The maximum Gasteiger partial charge on any atom is 0.408 e. The van der Waals surface area contributed by atoms with Gasteiger partial charge in [0.25, 0.3) is 0 Å². The van der Waals surface area contributed by atoms with E-state index in [0.29, 0.717) is 13.0 Å². The largest absolute Gasteiger partial charge is 0.467 e. The van der Waals surface area contributed by atoms with Crippen molar-refractivity contribution < 1.29 is 33.3 Å². The van der Waals surface area contributed by atoms with Crippen LogP contribution in [0.1, 0.15) is 72.1 Å². The van der Waals surface area contributed by atoms with Crippen molar-refractivity contribution in [2.45, 2.75) is 108 Å². The Morgan fingerprint density at radius 3 is 2.44 bits per heavy atom. The summed E-state index contributed by atoms with van der Waals surface area (Å²) in [5, 5.41) is 2.81. The molecule has 34 heavy (non-hydrogen) atoms. The number of nitrogens with one attached hydrogen (secondary N) is 1. The van der Waals surface area contributed by atoms with Crippen LogP contribution in [0.4, 0.5) is 4.79 Å². The highest BCUT2D eigenvalue weighted by molar-refractivity contribution is 5.81. The predicted octanol–water partition coefficient (Wildman–Crippen LogP) is 3.91. The first-order valence-electron chi connectivity index (χ1n) is 12.8. The monoisotopic (exact) mass is 479 g/mol. The van der Waals surface area contributed by atoms with Gasteiger partial charge in [-0.15, -0.1) is 0 Å². The summed E-state index contributed by atoms with van der Waals surface area (Å²) in [6.07, 6.45) is 8.23. The molecule has 192 valence electrons. The highest BCUT2D eigenvalue weighted by Crippen LogP contribution is 2.59. The maximum absolute atomic E-state index is 13.0. The molecular weight excluding hydrogens is 438 g/mol. The van der Waals surface area contributed by atoms with Crippen LogP contribution in [0.15, 0.2) is 11.6 Å². The predicted molar refractivity (Wildman–Crippen MR) is 125 cm³/mol. The summed E-state index contributed by atoms with van der Waals surface area (Å²) in [5.41, 5.74) is 0.596. The third-order valence-electron chi connectivity index (χ3n) is 8.35. The van der Waals surface area contributed by atoms with E-state index in [1.54, 1.807) is 7.11 Å². The average molecular weight is 480 g/mol. The summed E-state index contributed by atoms with van der Waals surface area (Å²) in [7, 11) is 3.01. The molecule has 4 fully saturated rings. The van der Waals surface area contributed by atoms with Gasteiger partial charge in [0.05, 0.1) is 25.7 Å². The zero-order valence-corrected chi connectivity index (χ0v) is 21.3. The number of alkyl carbamates (subject to hydrolysis) is 1. The summed E-state index contributed by atoms with van der Waals surface area (Å²) in [6, 6.07) is -0.686. The Morgan fingerprint density at radius 1 is 1.15 bits per heavy atom. The van der Waals surface area contributed by atoms with Crippen molar-refractivity contribution in [2.24, 2.45) is 11.8 Å². The minimum atomic E-state index is -0.686. The second-order valence-electron chi connectivity index (χ2n) is 10.9.